The second-order valence-electron chi connectivity index (χ2n) is 5.62. The topological polar surface area (TPSA) is 67.6 Å². The first-order valence-corrected chi connectivity index (χ1v) is 6.92. The number of primary amides is 1. The van der Waals surface area contributed by atoms with Gasteiger partial charge in [-0.05, 0) is 39.7 Å². The highest BCUT2D eigenvalue weighted by Gasteiger charge is 2.42. The molecule has 1 heterocycles. The zero-order chi connectivity index (χ0) is 13.2. The van der Waals surface area contributed by atoms with Crippen LogP contribution in [0.4, 0.5) is 0 Å². The van der Waals surface area contributed by atoms with Gasteiger partial charge in [0.15, 0.2) is 0 Å². The third kappa shape index (κ3) is 2.68. The molecule has 2 fully saturated rings. The van der Waals surface area contributed by atoms with Crippen LogP contribution in [0.15, 0.2) is 0 Å². The highest BCUT2D eigenvalue weighted by Crippen LogP contribution is 2.31. The van der Waals surface area contributed by atoms with E-state index in [0.29, 0.717) is 12.1 Å². The number of amides is 1. The average Bonchev–Trinajstić information content (AvgIpc) is 2.38. The molecule has 3 atom stereocenters. The van der Waals surface area contributed by atoms with Crippen molar-refractivity contribution in [2.24, 2.45) is 5.73 Å². The predicted molar refractivity (Wildman–Crippen MR) is 70.2 cm³/mol. The summed E-state index contributed by atoms with van der Waals surface area (Å²) in [6, 6.07) is 0.449. The number of nitrogens with two attached hydrogens (primary N) is 1. The van der Waals surface area contributed by atoms with Crippen LogP contribution in [-0.2, 0) is 9.53 Å². The van der Waals surface area contributed by atoms with Gasteiger partial charge in [0, 0.05) is 19.1 Å². The minimum Gasteiger partial charge on any atom is -0.376 e. The quantitative estimate of drug-likeness (QED) is 0.750. The highest BCUT2D eigenvalue weighted by atomic mass is 16.5. The summed E-state index contributed by atoms with van der Waals surface area (Å²) in [5.41, 5.74) is 5.08. The zero-order valence-corrected chi connectivity index (χ0v) is 11.4. The van der Waals surface area contributed by atoms with E-state index < -0.39 is 5.54 Å². The Bertz CT molecular complexity index is 311. The van der Waals surface area contributed by atoms with E-state index in [4.69, 9.17) is 10.5 Å². The van der Waals surface area contributed by atoms with E-state index in [1.54, 1.807) is 0 Å². The molecule has 3 N–H and O–H groups in total. The lowest BCUT2D eigenvalue weighted by atomic mass is 9.77. The normalized spacial score (nSPS) is 38.6. The smallest absolute Gasteiger partial charge is 0.237 e. The van der Waals surface area contributed by atoms with Crippen molar-refractivity contribution in [3.63, 3.8) is 0 Å². The Hall–Kier alpha value is -0.650. The van der Waals surface area contributed by atoms with E-state index in [0.717, 1.165) is 45.4 Å². The molecule has 0 aromatic carbocycles. The lowest BCUT2D eigenvalue weighted by Gasteiger charge is -2.45. The monoisotopic (exact) mass is 255 g/mol. The Morgan fingerprint density at radius 1 is 1.56 bits per heavy atom. The summed E-state index contributed by atoms with van der Waals surface area (Å²) in [5.74, 6) is -0.212. The van der Waals surface area contributed by atoms with Crippen molar-refractivity contribution in [1.82, 2.24) is 10.2 Å². The first-order chi connectivity index (χ1) is 8.57. The van der Waals surface area contributed by atoms with E-state index in [1.807, 2.05) is 7.05 Å². The van der Waals surface area contributed by atoms with Gasteiger partial charge in [0.2, 0.25) is 5.91 Å². The zero-order valence-electron chi connectivity index (χ0n) is 11.4. The summed E-state index contributed by atoms with van der Waals surface area (Å²) in [6.07, 6.45) is 4.18. The van der Waals surface area contributed by atoms with E-state index in [1.165, 1.54) is 0 Å². The number of rotatable bonds is 3. The minimum atomic E-state index is -0.509. The second-order valence-corrected chi connectivity index (χ2v) is 5.62. The van der Waals surface area contributed by atoms with Gasteiger partial charge in [-0.3, -0.25) is 9.69 Å². The summed E-state index contributed by atoms with van der Waals surface area (Å²) >= 11 is 0. The molecule has 18 heavy (non-hydrogen) atoms. The molecule has 1 aliphatic heterocycles. The van der Waals surface area contributed by atoms with Gasteiger partial charge in [-0.2, -0.15) is 0 Å². The molecule has 0 aromatic rings. The van der Waals surface area contributed by atoms with Crippen LogP contribution in [0.1, 0.15) is 32.6 Å². The number of ether oxygens (including phenoxy) is 1. The van der Waals surface area contributed by atoms with Gasteiger partial charge in [-0.15, -0.1) is 0 Å². The molecule has 1 saturated heterocycles. The predicted octanol–water partition coefficient (Wildman–Crippen LogP) is 0.0932. The molecule has 0 radical (unpaired) electrons. The average molecular weight is 255 g/mol. The lowest BCUT2D eigenvalue weighted by molar-refractivity contribution is -0.127. The fraction of sp³-hybridized carbons (Fsp3) is 0.923. The van der Waals surface area contributed by atoms with Crippen LogP contribution in [0.25, 0.3) is 0 Å². The number of hydrogen-bond acceptors (Lipinski definition) is 4. The molecular weight excluding hydrogens is 230 g/mol. The molecule has 0 aromatic heterocycles. The fourth-order valence-corrected chi connectivity index (χ4v) is 3.31. The number of hydrogen-bond donors (Lipinski definition) is 2. The molecule has 3 unspecified atom stereocenters. The van der Waals surface area contributed by atoms with Gasteiger partial charge in [0.05, 0.1) is 18.2 Å². The summed E-state index contributed by atoms with van der Waals surface area (Å²) in [4.78, 5) is 14.2. The summed E-state index contributed by atoms with van der Waals surface area (Å²) < 4.78 is 5.58. The lowest BCUT2D eigenvalue weighted by Crippen LogP contribution is -2.60. The maximum absolute atomic E-state index is 11.7. The van der Waals surface area contributed by atoms with Crippen molar-refractivity contribution >= 4 is 5.91 Å². The summed E-state index contributed by atoms with van der Waals surface area (Å²) in [7, 11) is 1.84. The van der Waals surface area contributed by atoms with Gasteiger partial charge < -0.3 is 15.8 Å². The molecule has 1 aliphatic carbocycles. The fourth-order valence-electron chi connectivity index (χ4n) is 3.31. The van der Waals surface area contributed by atoms with Crippen molar-refractivity contribution in [3.8, 4) is 0 Å². The van der Waals surface area contributed by atoms with Crippen LogP contribution in [0.5, 0.6) is 0 Å². The molecule has 2 rings (SSSR count). The van der Waals surface area contributed by atoms with E-state index in [9.17, 15) is 4.79 Å². The van der Waals surface area contributed by atoms with Gasteiger partial charge in [0.1, 0.15) is 0 Å². The second kappa shape index (κ2) is 5.55. The third-order valence-corrected chi connectivity index (χ3v) is 4.46. The maximum atomic E-state index is 11.7. The number of nitrogens with one attached hydrogen (secondary N) is 1. The molecular formula is C13H25N3O2. The molecule has 1 amide bonds. The van der Waals surface area contributed by atoms with E-state index in [-0.39, 0.29) is 5.91 Å². The Labute approximate surface area is 109 Å². The number of morpholine rings is 1. The number of likely N-dealkylation sites (N-methyl/N-ethyl adjacent to an activating group) is 1. The van der Waals surface area contributed by atoms with Gasteiger partial charge in [-0.25, -0.2) is 0 Å². The van der Waals surface area contributed by atoms with Crippen LogP contribution >= 0.6 is 0 Å². The third-order valence-electron chi connectivity index (χ3n) is 4.46. The molecule has 0 bridgehead atoms. The standard InChI is InChI=1S/C13H25N3O2/c1-10-9-16(6-7-18-10)11-4-3-5-13(8-11,15-2)12(14)17/h10-11,15H,3-9H2,1-2H3,(H2,14,17). The molecule has 5 heteroatoms. The number of carbonyl (C=O) groups excluding carboxylic acids is 1. The Balaban J connectivity index is 2.03. The van der Waals surface area contributed by atoms with Crippen molar-refractivity contribution < 1.29 is 9.53 Å². The van der Waals surface area contributed by atoms with Crippen LogP contribution in [0.2, 0.25) is 0 Å². The maximum Gasteiger partial charge on any atom is 0.237 e. The van der Waals surface area contributed by atoms with E-state index >= 15 is 0 Å². The van der Waals surface area contributed by atoms with Crippen molar-refractivity contribution in [1.29, 1.82) is 0 Å². The summed E-state index contributed by atoms with van der Waals surface area (Å²) in [6.45, 7) is 4.83. The van der Waals surface area contributed by atoms with Crippen molar-refractivity contribution in [2.45, 2.75) is 50.3 Å². The van der Waals surface area contributed by atoms with Crippen LogP contribution < -0.4 is 11.1 Å². The van der Waals surface area contributed by atoms with Crippen molar-refractivity contribution in [3.05, 3.63) is 0 Å². The summed E-state index contributed by atoms with van der Waals surface area (Å²) in [5, 5.41) is 3.16. The molecule has 1 saturated carbocycles. The van der Waals surface area contributed by atoms with Gasteiger partial charge in [-0.1, -0.05) is 0 Å². The minimum absolute atomic E-state index is 0.212. The van der Waals surface area contributed by atoms with E-state index in [2.05, 4.69) is 17.1 Å². The molecule has 5 nitrogen and oxygen atoms in total. The molecule has 2 aliphatic rings. The van der Waals surface area contributed by atoms with Crippen molar-refractivity contribution in [2.75, 3.05) is 26.7 Å². The van der Waals surface area contributed by atoms with Crippen LogP contribution in [0.3, 0.4) is 0 Å². The highest BCUT2D eigenvalue weighted by molar-refractivity contribution is 5.84. The van der Waals surface area contributed by atoms with Crippen LogP contribution in [0, 0.1) is 0 Å². The number of nitrogens with zero attached hydrogens (tertiary/aromatic N) is 1. The van der Waals surface area contributed by atoms with Gasteiger partial charge in [0.25, 0.3) is 0 Å². The number of carbonyl (C=O) groups is 1. The molecule has 104 valence electrons. The van der Waals surface area contributed by atoms with Crippen LogP contribution in [-0.4, -0.2) is 55.2 Å². The first-order valence-electron chi connectivity index (χ1n) is 6.92. The van der Waals surface area contributed by atoms with Gasteiger partial charge >= 0.3 is 0 Å². The molecule has 0 spiro atoms. The Kier molecular flexibility index (Phi) is 4.25. The Morgan fingerprint density at radius 3 is 2.94 bits per heavy atom. The largest absolute Gasteiger partial charge is 0.376 e. The first kappa shape index (κ1) is 13.8. The Morgan fingerprint density at radius 2 is 2.33 bits per heavy atom. The SMILES string of the molecule is CNC1(C(N)=O)CCCC(N2CCOC(C)C2)C1.